The summed E-state index contributed by atoms with van der Waals surface area (Å²) in [5, 5.41) is 12.0. The first kappa shape index (κ1) is 15.8. The van der Waals surface area contributed by atoms with Crippen molar-refractivity contribution >= 4 is 20.9 Å². The summed E-state index contributed by atoms with van der Waals surface area (Å²) < 4.78 is 34.3. The topological polar surface area (TPSA) is 72.5 Å². The van der Waals surface area contributed by atoms with Gasteiger partial charge < -0.3 is 8.92 Å². The minimum Gasteiger partial charge on any atom is -0.382 e. The smallest absolute Gasteiger partial charge is 0.311 e. The lowest BCUT2D eigenvalue weighted by molar-refractivity contribution is 0.0303. The maximum Gasteiger partial charge on any atom is 0.311 e. The van der Waals surface area contributed by atoms with Crippen LogP contribution in [0.15, 0.2) is 42.5 Å². The highest BCUT2D eigenvalue weighted by Crippen LogP contribution is 2.26. The molecule has 0 aliphatic heterocycles. The van der Waals surface area contributed by atoms with E-state index < -0.39 is 22.8 Å². The van der Waals surface area contributed by atoms with Gasteiger partial charge in [-0.05, 0) is 18.4 Å². The van der Waals surface area contributed by atoms with Gasteiger partial charge in [0.05, 0.1) is 12.7 Å². The van der Waals surface area contributed by atoms with Gasteiger partial charge in [0.15, 0.2) is 0 Å². The zero-order chi connectivity index (χ0) is 15.3. The van der Waals surface area contributed by atoms with Crippen LogP contribution in [0, 0.1) is 0 Å². The van der Waals surface area contributed by atoms with Crippen LogP contribution in [0.2, 0.25) is 0 Å². The normalized spacial score (nSPS) is 13.2. The van der Waals surface area contributed by atoms with Crippen molar-refractivity contribution in [2.45, 2.75) is 13.0 Å². The zero-order valence-corrected chi connectivity index (χ0v) is 12.5. The van der Waals surface area contributed by atoms with E-state index in [0.29, 0.717) is 5.75 Å². The van der Waals surface area contributed by atoms with E-state index in [0.717, 1.165) is 10.8 Å². The third-order valence-electron chi connectivity index (χ3n) is 2.89. The number of fused-ring (bicyclic) bond motifs is 1. The van der Waals surface area contributed by atoms with E-state index in [-0.39, 0.29) is 12.4 Å². The summed E-state index contributed by atoms with van der Waals surface area (Å²) in [6.45, 7) is 1.19. The van der Waals surface area contributed by atoms with Crippen LogP contribution in [-0.4, -0.2) is 33.5 Å². The first-order valence-electron chi connectivity index (χ1n) is 6.61. The van der Waals surface area contributed by atoms with E-state index in [9.17, 15) is 13.5 Å². The second-order valence-electron chi connectivity index (χ2n) is 4.67. The van der Waals surface area contributed by atoms with Crippen LogP contribution in [0.3, 0.4) is 0 Å². The van der Waals surface area contributed by atoms with Crippen molar-refractivity contribution < 1.29 is 22.4 Å². The molecule has 1 radical (unpaired) electrons. The SMILES string of the molecule is CC(CS(=O)(=O)Oc1cccc2ccccc12)OCC[O]. The zero-order valence-electron chi connectivity index (χ0n) is 11.7. The first-order chi connectivity index (χ1) is 10.0. The molecule has 0 amide bonds. The molecule has 5 nitrogen and oxygen atoms in total. The van der Waals surface area contributed by atoms with Crippen LogP contribution >= 0.6 is 0 Å². The van der Waals surface area contributed by atoms with Crippen molar-refractivity contribution in [2.75, 3.05) is 19.0 Å². The molecule has 0 aliphatic carbocycles. The van der Waals surface area contributed by atoms with Crippen LogP contribution in [0.25, 0.3) is 10.8 Å². The van der Waals surface area contributed by atoms with Gasteiger partial charge in [-0.3, -0.25) is 0 Å². The molecule has 0 spiro atoms. The summed E-state index contributed by atoms with van der Waals surface area (Å²) in [5.41, 5.74) is 0. The van der Waals surface area contributed by atoms with Crippen LogP contribution in [0.5, 0.6) is 5.75 Å². The van der Waals surface area contributed by atoms with Crippen LogP contribution < -0.4 is 4.18 Å². The summed E-state index contributed by atoms with van der Waals surface area (Å²) in [5.74, 6) is 0.0000705. The van der Waals surface area contributed by atoms with Gasteiger partial charge in [-0.15, -0.1) is 0 Å². The lowest BCUT2D eigenvalue weighted by Gasteiger charge is -2.14. The molecular weight excluding hydrogens is 292 g/mol. The van der Waals surface area contributed by atoms with E-state index >= 15 is 0 Å². The maximum absolute atomic E-state index is 12.0. The van der Waals surface area contributed by atoms with Crippen molar-refractivity contribution in [3.8, 4) is 5.75 Å². The third kappa shape index (κ3) is 4.42. The van der Waals surface area contributed by atoms with Gasteiger partial charge in [0, 0.05) is 5.39 Å². The highest BCUT2D eigenvalue weighted by Gasteiger charge is 2.19. The molecule has 2 rings (SSSR count). The molecule has 0 aliphatic rings. The van der Waals surface area contributed by atoms with E-state index in [4.69, 9.17) is 8.92 Å². The number of ether oxygens (including phenoxy) is 1. The summed E-state index contributed by atoms with van der Waals surface area (Å²) in [6, 6.07) is 12.6. The average Bonchev–Trinajstić information content (AvgIpc) is 2.44. The van der Waals surface area contributed by atoms with Crippen molar-refractivity contribution in [2.24, 2.45) is 0 Å². The number of benzene rings is 2. The van der Waals surface area contributed by atoms with Gasteiger partial charge in [0.1, 0.15) is 18.1 Å². The summed E-state index contributed by atoms with van der Waals surface area (Å²) in [7, 11) is -3.78. The monoisotopic (exact) mass is 309 g/mol. The number of hydrogen-bond acceptors (Lipinski definition) is 4. The Bertz CT molecular complexity index is 691. The molecule has 0 bridgehead atoms. The number of rotatable bonds is 7. The van der Waals surface area contributed by atoms with E-state index in [1.54, 1.807) is 25.1 Å². The fourth-order valence-electron chi connectivity index (χ4n) is 2.02. The molecule has 0 heterocycles. The lowest BCUT2D eigenvalue weighted by atomic mass is 10.1. The summed E-state index contributed by atoms with van der Waals surface area (Å²) in [4.78, 5) is 0. The molecular formula is C15H17O5S. The minimum atomic E-state index is -3.78. The average molecular weight is 309 g/mol. The van der Waals surface area contributed by atoms with Gasteiger partial charge in [-0.25, -0.2) is 5.11 Å². The van der Waals surface area contributed by atoms with Gasteiger partial charge in [0.2, 0.25) is 0 Å². The Morgan fingerprint density at radius 1 is 1.10 bits per heavy atom. The van der Waals surface area contributed by atoms with E-state index in [1.807, 2.05) is 24.3 Å². The van der Waals surface area contributed by atoms with Gasteiger partial charge >= 0.3 is 10.1 Å². The fraction of sp³-hybridized carbons (Fsp3) is 0.333. The molecule has 6 heteroatoms. The second kappa shape index (κ2) is 6.89. The Balaban J connectivity index is 2.15. The maximum atomic E-state index is 12.0. The molecule has 0 saturated carbocycles. The summed E-state index contributed by atoms with van der Waals surface area (Å²) in [6.07, 6.45) is -0.584. The fourth-order valence-corrected chi connectivity index (χ4v) is 3.18. The highest BCUT2D eigenvalue weighted by molar-refractivity contribution is 7.87. The first-order valence-corrected chi connectivity index (χ1v) is 8.19. The molecule has 0 saturated heterocycles. The Morgan fingerprint density at radius 2 is 1.81 bits per heavy atom. The number of hydrogen-bond donors (Lipinski definition) is 0. The molecule has 113 valence electrons. The van der Waals surface area contributed by atoms with Gasteiger partial charge in [0.25, 0.3) is 0 Å². The van der Waals surface area contributed by atoms with Crippen LogP contribution in [0.4, 0.5) is 0 Å². The second-order valence-corrected chi connectivity index (χ2v) is 6.29. The van der Waals surface area contributed by atoms with Crippen molar-refractivity contribution in [1.29, 1.82) is 0 Å². The standard InChI is InChI=1S/C15H17O5S/c1-12(19-10-9-16)11-21(17,18)20-15-8-4-6-13-5-2-3-7-14(13)15/h2-8,12H,9-11H2,1H3. The predicted molar refractivity (Wildman–Crippen MR) is 79.3 cm³/mol. The molecule has 2 aromatic rings. The van der Waals surface area contributed by atoms with Crippen molar-refractivity contribution in [3.05, 3.63) is 42.5 Å². The van der Waals surface area contributed by atoms with Crippen molar-refractivity contribution in [3.63, 3.8) is 0 Å². The van der Waals surface area contributed by atoms with E-state index in [2.05, 4.69) is 0 Å². The minimum absolute atomic E-state index is 0.00897. The molecule has 1 unspecified atom stereocenters. The molecule has 0 N–H and O–H groups in total. The quantitative estimate of drug-likeness (QED) is 0.736. The van der Waals surface area contributed by atoms with Crippen LogP contribution in [-0.2, 0) is 20.0 Å². The lowest BCUT2D eigenvalue weighted by Crippen LogP contribution is -2.25. The Morgan fingerprint density at radius 3 is 2.57 bits per heavy atom. The molecule has 0 fully saturated rings. The van der Waals surface area contributed by atoms with Crippen molar-refractivity contribution in [1.82, 2.24) is 0 Å². The largest absolute Gasteiger partial charge is 0.382 e. The van der Waals surface area contributed by atoms with Crippen LogP contribution in [0.1, 0.15) is 6.92 Å². The third-order valence-corrected chi connectivity index (χ3v) is 4.20. The highest BCUT2D eigenvalue weighted by atomic mass is 32.2. The molecule has 2 aromatic carbocycles. The molecule has 0 aromatic heterocycles. The van der Waals surface area contributed by atoms with Gasteiger partial charge in [-0.1, -0.05) is 36.4 Å². The predicted octanol–water partition coefficient (Wildman–Crippen LogP) is 2.38. The summed E-state index contributed by atoms with van der Waals surface area (Å²) >= 11 is 0. The Kier molecular flexibility index (Phi) is 5.17. The Hall–Kier alpha value is -1.63. The Labute approximate surface area is 124 Å². The molecule has 1 atom stereocenters. The van der Waals surface area contributed by atoms with Gasteiger partial charge in [-0.2, -0.15) is 8.42 Å². The molecule has 21 heavy (non-hydrogen) atoms. The van der Waals surface area contributed by atoms with E-state index in [1.165, 1.54) is 0 Å².